The van der Waals surface area contributed by atoms with Crippen molar-refractivity contribution in [3.8, 4) is 21.9 Å². The summed E-state index contributed by atoms with van der Waals surface area (Å²) in [4.78, 5) is 39.1. The van der Waals surface area contributed by atoms with Crippen molar-refractivity contribution in [2.75, 3.05) is 11.9 Å². The fourth-order valence-corrected chi connectivity index (χ4v) is 8.69. The monoisotopic (exact) mass is 644 g/mol. The minimum Gasteiger partial charge on any atom is -0.388 e. The normalized spacial score (nSPS) is 18.1. The van der Waals surface area contributed by atoms with Gasteiger partial charge in [-0.1, -0.05) is 36.4 Å². The van der Waals surface area contributed by atoms with E-state index in [1.54, 1.807) is 23.5 Å². The van der Waals surface area contributed by atoms with E-state index in [1.165, 1.54) is 23.3 Å². The molecule has 2 aromatic carbocycles. The third-order valence-corrected chi connectivity index (χ3v) is 10.9. The molecule has 9 rings (SSSR count). The van der Waals surface area contributed by atoms with E-state index in [0.717, 1.165) is 57.7 Å². The number of aryl methyl sites for hydroxylation is 3. The molecule has 1 amide bonds. The lowest BCUT2D eigenvalue weighted by molar-refractivity contribution is 0.0776. The Hall–Kier alpha value is -5.16. The Morgan fingerprint density at radius 1 is 1.02 bits per heavy atom. The first-order chi connectivity index (χ1) is 23.0. The fraction of sp³-hybridized carbons (Fsp3) is 0.250. The number of rotatable bonds is 7. The van der Waals surface area contributed by atoms with Crippen molar-refractivity contribution in [1.29, 1.82) is 0 Å². The van der Waals surface area contributed by atoms with Crippen LogP contribution in [0.25, 0.3) is 32.0 Å². The van der Waals surface area contributed by atoms with Gasteiger partial charge in [0.15, 0.2) is 0 Å². The number of thiophene rings is 1. The number of benzene rings is 2. The molecule has 2 N–H and O–H groups in total. The van der Waals surface area contributed by atoms with Crippen molar-refractivity contribution in [2.45, 2.75) is 50.6 Å². The summed E-state index contributed by atoms with van der Waals surface area (Å²) in [6.45, 7) is 0.671. The number of amides is 1. The Morgan fingerprint density at radius 3 is 2.74 bits per heavy atom. The molecule has 47 heavy (non-hydrogen) atoms. The number of hydrogen-bond acceptors (Lipinski definition) is 8. The van der Waals surface area contributed by atoms with Crippen LogP contribution in [0.5, 0.6) is 0 Å². The maximum absolute atomic E-state index is 14.1. The van der Waals surface area contributed by atoms with Crippen molar-refractivity contribution in [3.05, 3.63) is 117 Å². The Balaban J connectivity index is 1.22. The van der Waals surface area contributed by atoms with Crippen LogP contribution in [0.3, 0.4) is 0 Å². The van der Waals surface area contributed by atoms with Crippen LogP contribution in [-0.2, 0) is 19.3 Å². The summed E-state index contributed by atoms with van der Waals surface area (Å²) >= 11 is 1.56. The van der Waals surface area contributed by atoms with Gasteiger partial charge in [0.1, 0.15) is 11.6 Å². The lowest BCUT2D eigenvalue weighted by Crippen LogP contribution is -2.22. The van der Waals surface area contributed by atoms with Gasteiger partial charge in [-0.3, -0.25) is 9.78 Å². The molecule has 4 aromatic heterocycles. The third-order valence-electron chi connectivity index (χ3n) is 9.68. The van der Waals surface area contributed by atoms with Crippen molar-refractivity contribution in [3.63, 3.8) is 0 Å². The number of anilines is 1. The molecule has 2 unspecified atom stereocenters. The molecule has 2 aliphatic heterocycles. The maximum atomic E-state index is 14.1. The minimum atomic E-state index is -0.688. The average molecular weight is 645 g/mol. The lowest BCUT2D eigenvalue weighted by atomic mass is 9.93. The molecule has 9 nitrogen and oxygen atoms in total. The van der Waals surface area contributed by atoms with Gasteiger partial charge in [0, 0.05) is 23.2 Å². The zero-order chi connectivity index (χ0) is 31.6. The summed E-state index contributed by atoms with van der Waals surface area (Å²) < 4.78 is 20.2. The van der Waals surface area contributed by atoms with Crippen LogP contribution in [0.4, 0.5) is 10.2 Å². The number of carbonyl (C=O) groups excluding carboxylic acids is 1. The van der Waals surface area contributed by atoms with E-state index >= 15 is 0 Å². The van der Waals surface area contributed by atoms with E-state index in [9.17, 15) is 14.0 Å². The molecule has 2 atom stereocenters. The number of hydrogen-bond donors (Lipinski definition) is 2. The van der Waals surface area contributed by atoms with Gasteiger partial charge in [0.25, 0.3) is 11.8 Å². The summed E-state index contributed by atoms with van der Waals surface area (Å²) in [5.41, 5.74) is 6.78. The van der Waals surface area contributed by atoms with E-state index in [1.807, 2.05) is 17.2 Å². The highest BCUT2D eigenvalue weighted by atomic mass is 32.1. The number of carbonyl (C=O) groups is 1. The number of nitrogens with one attached hydrogen (secondary N) is 2. The molecular formula is C36H29FN6O3S. The maximum Gasteiger partial charge on any atom is 0.434 e. The minimum absolute atomic E-state index is 0.0642. The number of nitrogens with zero attached hydrogens (tertiary/aromatic N) is 4. The van der Waals surface area contributed by atoms with Crippen LogP contribution in [0.1, 0.15) is 69.8 Å². The molecule has 0 radical (unpaired) electrons. The number of halogens is 1. The third kappa shape index (κ3) is 4.67. The highest BCUT2D eigenvalue weighted by Gasteiger charge is 2.45. The standard InChI is InChI=1S/C36H29FN6O3S/c37-22-11-7-19(8-12-22)9-13-25-28(34-41-42-36(45)46-34)29(30-31(39-25)26-6-3-17-43(26)35(30)44)27-18-21-15-16-38-33(32(21)47-27)40-24-14-10-20-4-1-2-5-23(20)24/h1-2,4-5,7-8,11-12,15-16,18,24,26H,3,6,9-10,13-14,17H2,(H,38,40)(H,42,45). The highest BCUT2D eigenvalue weighted by molar-refractivity contribution is 7.23. The van der Waals surface area contributed by atoms with Crippen LogP contribution in [-0.4, -0.2) is 37.5 Å². The Kier molecular flexibility index (Phi) is 6.56. The van der Waals surface area contributed by atoms with Gasteiger partial charge >= 0.3 is 5.76 Å². The molecule has 1 fully saturated rings. The van der Waals surface area contributed by atoms with Crippen LogP contribution < -0.4 is 11.1 Å². The summed E-state index contributed by atoms with van der Waals surface area (Å²) in [6, 6.07) is 19.0. The average Bonchev–Trinajstić information content (AvgIpc) is 3.92. The zero-order valence-corrected chi connectivity index (χ0v) is 26.1. The molecule has 1 aliphatic carbocycles. The SMILES string of the molecule is O=C1c2c(nc(CCc3ccc(F)cc3)c(-c3n[nH]c(=O)o3)c2-c2cc3ccnc(NC4CCc5ccccc54)c3s2)C2CCCN12. The molecule has 0 spiro atoms. The first-order valence-electron chi connectivity index (χ1n) is 15.9. The fourth-order valence-electron chi connectivity index (χ4n) is 7.52. The first kappa shape index (κ1) is 28.1. The molecule has 1 saturated heterocycles. The van der Waals surface area contributed by atoms with Crippen molar-refractivity contribution in [2.24, 2.45) is 0 Å². The van der Waals surface area contributed by atoms with E-state index in [2.05, 4.69) is 45.8 Å². The zero-order valence-electron chi connectivity index (χ0n) is 25.3. The van der Waals surface area contributed by atoms with Gasteiger partial charge in [0.2, 0.25) is 0 Å². The summed E-state index contributed by atoms with van der Waals surface area (Å²) in [5, 5.41) is 11.3. The number of H-pyrrole nitrogens is 1. The second-order valence-electron chi connectivity index (χ2n) is 12.4. The topological polar surface area (TPSA) is 117 Å². The molecule has 6 aromatic rings. The quantitative estimate of drug-likeness (QED) is 0.192. The van der Waals surface area contributed by atoms with Crippen LogP contribution in [0.2, 0.25) is 0 Å². The van der Waals surface area contributed by atoms with E-state index in [4.69, 9.17) is 14.4 Å². The van der Waals surface area contributed by atoms with Gasteiger partial charge in [-0.25, -0.2) is 19.3 Å². The molecule has 0 saturated carbocycles. The second kappa shape index (κ2) is 11.0. The van der Waals surface area contributed by atoms with Gasteiger partial charge in [0.05, 0.1) is 39.3 Å². The van der Waals surface area contributed by atoms with E-state index in [0.29, 0.717) is 41.8 Å². The first-order valence-corrected chi connectivity index (χ1v) is 16.7. The van der Waals surface area contributed by atoms with Gasteiger partial charge in [-0.15, -0.1) is 16.4 Å². The molecule has 11 heteroatoms. The summed E-state index contributed by atoms with van der Waals surface area (Å²) in [7, 11) is 0. The number of aromatic nitrogens is 4. The largest absolute Gasteiger partial charge is 0.434 e. The van der Waals surface area contributed by atoms with Crippen molar-refractivity contribution in [1.82, 2.24) is 25.1 Å². The van der Waals surface area contributed by atoms with Crippen LogP contribution in [0, 0.1) is 5.82 Å². The lowest BCUT2D eigenvalue weighted by Gasteiger charge is -2.16. The molecule has 3 aliphatic rings. The van der Waals surface area contributed by atoms with Crippen molar-refractivity contribution < 1.29 is 13.6 Å². The summed E-state index contributed by atoms with van der Waals surface area (Å²) in [5.74, 6) is -0.165. The van der Waals surface area contributed by atoms with Crippen LogP contribution in [0.15, 0.2) is 76.1 Å². The van der Waals surface area contributed by atoms with Crippen LogP contribution >= 0.6 is 11.3 Å². The number of fused-ring (bicyclic) bond motifs is 5. The predicted molar refractivity (Wildman–Crippen MR) is 177 cm³/mol. The number of pyridine rings is 2. The molecule has 6 heterocycles. The molecular weight excluding hydrogens is 616 g/mol. The van der Waals surface area contributed by atoms with Gasteiger partial charge in [-0.2, -0.15) is 0 Å². The van der Waals surface area contributed by atoms with E-state index in [-0.39, 0.29) is 29.7 Å². The highest BCUT2D eigenvalue weighted by Crippen LogP contribution is 2.50. The van der Waals surface area contributed by atoms with E-state index < -0.39 is 5.76 Å². The van der Waals surface area contributed by atoms with Gasteiger partial charge < -0.3 is 14.6 Å². The molecule has 234 valence electrons. The summed E-state index contributed by atoms with van der Waals surface area (Å²) in [6.07, 6.45) is 6.61. The Bertz CT molecular complexity index is 2260. The van der Waals surface area contributed by atoms with Gasteiger partial charge in [-0.05, 0) is 84.9 Å². The Labute approximate surface area is 272 Å². The smallest absolute Gasteiger partial charge is 0.388 e. The predicted octanol–water partition coefficient (Wildman–Crippen LogP) is 7.02. The Morgan fingerprint density at radius 2 is 1.89 bits per heavy atom. The second-order valence-corrected chi connectivity index (χ2v) is 13.4. The molecule has 0 bridgehead atoms. The number of aromatic amines is 1. The van der Waals surface area contributed by atoms with Crippen molar-refractivity contribution >= 4 is 33.1 Å².